The number of ether oxygens (including phenoxy) is 2. The molecule has 1 N–H and O–H groups in total. The van der Waals surface area contributed by atoms with Crippen molar-refractivity contribution in [2.75, 3.05) is 27.4 Å². The first-order chi connectivity index (χ1) is 9.61. The smallest absolute Gasteiger partial charge is 0.129 e. The molecule has 1 atom stereocenters. The molecule has 1 aromatic rings. The topological polar surface area (TPSA) is 30.5 Å². The third-order valence-corrected chi connectivity index (χ3v) is 4.17. The van der Waals surface area contributed by atoms with Gasteiger partial charge in [0, 0.05) is 45.3 Å². The van der Waals surface area contributed by atoms with Crippen molar-refractivity contribution < 1.29 is 18.3 Å². The molecule has 0 aromatic heterocycles. The van der Waals surface area contributed by atoms with Gasteiger partial charge in [-0.2, -0.15) is 0 Å². The molecule has 0 radical (unpaired) electrons. The number of methoxy groups -OCH3 is 1. The first kappa shape index (κ1) is 15.4. The zero-order chi connectivity index (χ0) is 14.6. The summed E-state index contributed by atoms with van der Waals surface area (Å²) < 4.78 is 37.9. The van der Waals surface area contributed by atoms with E-state index in [-0.39, 0.29) is 11.6 Å². The van der Waals surface area contributed by atoms with Crippen molar-refractivity contribution in [3.8, 4) is 0 Å². The molecule has 2 rings (SSSR count). The fraction of sp³-hybridized carbons (Fsp3) is 0.600. The quantitative estimate of drug-likeness (QED) is 0.900. The maximum atomic E-state index is 13.8. The summed E-state index contributed by atoms with van der Waals surface area (Å²) in [4.78, 5) is 0. The van der Waals surface area contributed by atoms with Crippen LogP contribution in [0.25, 0.3) is 0 Å². The van der Waals surface area contributed by atoms with E-state index in [1.807, 2.05) is 7.05 Å². The maximum absolute atomic E-state index is 13.8. The molecule has 1 saturated heterocycles. The van der Waals surface area contributed by atoms with Crippen molar-refractivity contribution in [2.24, 2.45) is 0 Å². The standard InChI is InChI=1S/C15H21F2NO2/c1-18-14(15(19-2)5-7-20-8-6-15)9-11-3-4-12(16)10-13(11)17/h3-4,10,14,18H,5-9H2,1-2H3. The minimum absolute atomic E-state index is 0.0450. The Morgan fingerprint density at radius 1 is 1.35 bits per heavy atom. The lowest BCUT2D eigenvalue weighted by atomic mass is 9.82. The molecule has 1 unspecified atom stereocenters. The van der Waals surface area contributed by atoms with Gasteiger partial charge in [-0.05, 0) is 25.1 Å². The summed E-state index contributed by atoms with van der Waals surface area (Å²) in [7, 11) is 3.51. The van der Waals surface area contributed by atoms with Gasteiger partial charge in [0.2, 0.25) is 0 Å². The Morgan fingerprint density at radius 3 is 2.60 bits per heavy atom. The van der Waals surface area contributed by atoms with Gasteiger partial charge in [-0.3, -0.25) is 0 Å². The van der Waals surface area contributed by atoms with Crippen LogP contribution in [0.4, 0.5) is 8.78 Å². The summed E-state index contributed by atoms with van der Waals surface area (Å²) in [5.41, 5.74) is 0.127. The van der Waals surface area contributed by atoms with Gasteiger partial charge in [0.05, 0.1) is 5.60 Å². The van der Waals surface area contributed by atoms with E-state index >= 15 is 0 Å². The first-order valence-corrected chi connectivity index (χ1v) is 6.85. The van der Waals surface area contributed by atoms with Crippen molar-refractivity contribution in [2.45, 2.75) is 30.9 Å². The van der Waals surface area contributed by atoms with Crippen LogP contribution in [0.1, 0.15) is 18.4 Å². The molecule has 1 fully saturated rings. The van der Waals surface area contributed by atoms with Crippen LogP contribution in [0.5, 0.6) is 0 Å². The highest BCUT2D eigenvalue weighted by atomic mass is 19.1. The highest BCUT2D eigenvalue weighted by Gasteiger charge is 2.40. The predicted octanol–water partition coefficient (Wildman–Crippen LogP) is 2.29. The van der Waals surface area contributed by atoms with E-state index in [2.05, 4.69) is 5.32 Å². The number of rotatable bonds is 5. The van der Waals surface area contributed by atoms with E-state index in [1.54, 1.807) is 7.11 Å². The van der Waals surface area contributed by atoms with Gasteiger partial charge in [0.15, 0.2) is 0 Å². The van der Waals surface area contributed by atoms with Gasteiger partial charge in [-0.15, -0.1) is 0 Å². The Balaban J connectivity index is 2.18. The van der Waals surface area contributed by atoms with E-state index in [0.717, 1.165) is 18.9 Å². The van der Waals surface area contributed by atoms with E-state index in [4.69, 9.17) is 9.47 Å². The second-order valence-electron chi connectivity index (χ2n) is 5.16. The summed E-state index contributed by atoms with van der Waals surface area (Å²) in [6.07, 6.45) is 1.98. The minimum Gasteiger partial charge on any atom is -0.381 e. The molecule has 1 heterocycles. The summed E-state index contributed by atoms with van der Waals surface area (Å²) in [5, 5.41) is 3.21. The fourth-order valence-electron chi connectivity index (χ4n) is 2.87. The van der Waals surface area contributed by atoms with E-state index in [9.17, 15) is 8.78 Å². The summed E-state index contributed by atoms with van der Waals surface area (Å²) >= 11 is 0. The second-order valence-corrected chi connectivity index (χ2v) is 5.16. The fourth-order valence-corrected chi connectivity index (χ4v) is 2.87. The van der Waals surface area contributed by atoms with Gasteiger partial charge >= 0.3 is 0 Å². The minimum atomic E-state index is -0.556. The molecule has 20 heavy (non-hydrogen) atoms. The lowest BCUT2D eigenvalue weighted by Crippen LogP contribution is -2.55. The lowest BCUT2D eigenvalue weighted by Gasteiger charge is -2.42. The third-order valence-electron chi connectivity index (χ3n) is 4.17. The van der Waals surface area contributed by atoms with Crippen LogP contribution in [-0.2, 0) is 15.9 Å². The third kappa shape index (κ3) is 3.16. The van der Waals surface area contributed by atoms with Crippen LogP contribution < -0.4 is 5.32 Å². The lowest BCUT2D eigenvalue weighted by molar-refractivity contribution is -0.109. The summed E-state index contributed by atoms with van der Waals surface area (Å²) in [6.45, 7) is 1.27. The van der Waals surface area contributed by atoms with Crippen LogP contribution in [0, 0.1) is 11.6 Å². The first-order valence-electron chi connectivity index (χ1n) is 6.85. The van der Waals surface area contributed by atoms with Gasteiger partial charge < -0.3 is 14.8 Å². The van der Waals surface area contributed by atoms with Crippen molar-refractivity contribution in [1.82, 2.24) is 5.32 Å². The SMILES string of the molecule is CNC(Cc1ccc(F)cc1F)C1(OC)CCOCC1. The van der Waals surface area contributed by atoms with Gasteiger partial charge in [0.25, 0.3) is 0 Å². The van der Waals surface area contributed by atoms with Crippen molar-refractivity contribution in [1.29, 1.82) is 0 Å². The molecular weight excluding hydrogens is 264 g/mol. The van der Waals surface area contributed by atoms with E-state index in [1.165, 1.54) is 12.1 Å². The number of likely N-dealkylation sites (N-methyl/N-ethyl adjacent to an activating group) is 1. The number of nitrogens with one attached hydrogen (secondary N) is 1. The van der Waals surface area contributed by atoms with E-state index < -0.39 is 11.6 Å². The Kier molecular flexibility index (Phi) is 5.07. The van der Waals surface area contributed by atoms with Crippen molar-refractivity contribution in [3.05, 3.63) is 35.4 Å². The maximum Gasteiger partial charge on any atom is 0.129 e. The monoisotopic (exact) mass is 285 g/mol. The molecule has 0 saturated carbocycles. The van der Waals surface area contributed by atoms with Crippen LogP contribution >= 0.6 is 0 Å². The molecule has 5 heteroatoms. The second kappa shape index (κ2) is 6.61. The average Bonchev–Trinajstić information content (AvgIpc) is 2.47. The molecule has 0 spiro atoms. The zero-order valence-electron chi connectivity index (χ0n) is 11.9. The Hall–Kier alpha value is -1.04. The van der Waals surface area contributed by atoms with E-state index in [0.29, 0.717) is 25.2 Å². The molecule has 1 aromatic carbocycles. The van der Waals surface area contributed by atoms with Gasteiger partial charge in [0.1, 0.15) is 11.6 Å². The number of benzene rings is 1. The summed E-state index contributed by atoms with van der Waals surface area (Å²) in [6, 6.07) is 3.66. The largest absolute Gasteiger partial charge is 0.381 e. The van der Waals surface area contributed by atoms with Crippen molar-refractivity contribution >= 4 is 0 Å². The molecule has 0 aliphatic carbocycles. The Bertz CT molecular complexity index is 447. The molecule has 3 nitrogen and oxygen atoms in total. The molecular formula is C15H21F2NO2. The average molecular weight is 285 g/mol. The zero-order valence-corrected chi connectivity index (χ0v) is 11.9. The number of hydrogen-bond donors (Lipinski definition) is 1. The number of halogens is 2. The van der Waals surface area contributed by atoms with Gasteiger partial charge in [-0.1, -0.05) is 6.07 Å². The molecule has 0 amide bonds. The van der Waals surface area contributed by atoms with Crippen molar-refractivity contribution in [3.63, 3.8) is 0 Å². The van der Waals surface area contributed by atoms with Crippen LogP contribution in [0.2, 0.25) is 0 Å². The van der Waals surface area contributed by atoms with Gasteiger partial charge in [-0.25, -0.2) is 8.78 Å². The Labute approximate surface area is 118 Å². The molecule has 1 aliphatic rings. The molecule has 1 aliphatic heterocycles. The Morgan fingerprint density at radius 2 is 2.05 bits per heavy atom. The molecule has 0 bridgehead atoms. The molecule has 112 valence electrons. The van der Waals surface area contributed by atoms with Crippen LogP contribution in [-0.4, -0.2) is 39.0 Å². The number of hydrogen-bond acceptors (Lipinski definition) is 3. The highest BCUT2D eigenvalue weighted by Crippen LogP contribution is 2.30. The van der Waals surface area contributed by atoms with Crippen LogP contribution in [0.15, 0.2) is 18.2 Å². The highest BCUT2D eigenvalue weighted by molar-refractivity contribution is 5.20. The summed E-state index contributed by atoms with van der Waals surface area (Å²) in [5.74, 6) is -1.07. The predicted molar refractivity (Wildman–Crippen MR) is 72.7 cm³/mol. The van der Waals surface area contributed by atoms with Crippen LogP contribution in [0.3, 0.4) is 0 Å². The normalized spacial score (nSPS) is 19.8.